The van der Waals surface area contributed by atoms with Crippen molar-refractivity contribution in [1.29, 1.82) is 0 Å². The number of rotatable bonds is 3. The number of H-pyrrole nitrogens is 1. The van der Waals surface area contributed by atoms with E-state index in [4.69, 9.17) is 0 Å². The number of hydrogen-bond donors (Lipinski definition) is 1. The van der Waals surface area contributed by atoms with Crippen molar-refractivity contribution in [3.8, 4) is 0 Å². The van der Waals surface area contributed by atoms with Crippen molar-refractivity contribution in [3.63, 3.8) is 0 Å². The first kappa shape index (κ1) is 10.3. The van der Waals surface area contributed by atoms with Gasteiger partial charge in [0.15, 0.2) is 0 Å². The van der Waals surface area contributed by atoms with Gasteiger partial charge < -0.3 is 4.98 Å². The minimum atomic E-state index is 1.17. The second kappa shape index (κ2) is 4.09. The summed E-state index contributed by atoms with van der Waals surface area (Å²) in [6.07, 6.45) is 3.70. The first-order valence-corrected chi connectivity index (χ1v) is 5.79. The predicted molar refractivity (Wildman–Crippen MR) is 66.4 cm³/mol. The van der Waals surface area contributed by atoms with Crippen molar-refractivity contribution in [2.24, 2.45) is 0 Å². The van der Waals surface area contributed by atoms with Gasteiger partial charge in [-0.15, -0.1) is 0 Å². The molecule has 0 bridgehead atoms. The van der Waals surface area contributed by atoms with Crippen LogP contribution in [-0.2, 0) is 6.42 Å². The number of nitrogens with one attached hydrogen (secondary N) is 1. The monoisotopic (exact) mass is 201 g/mol. The Morgan fingerprint density at radius 3 is 2.67 bits per heavy atom. The van der Waals surface area contributed by atoms with Gasteiger partial charge in [-0.05, 0) is 44.4 Å². The zero-order chi connectivity index (χ0) is 10.8. The standard InChI is InChI=1S/C14H19N/c1-4-5-6-13-9-12-8-10(2)7-11(3)14(12)15-13/h7-9,15H,4-6H2,1-3H3. The van der Waals surface area contributed by atoms with Crippen molar-refractivity contribution in [1.82, 2.24) is 4.98 Å². The van der Waals surface area contributed by atoms with E-state index in [1.54, 1.807) is 0 Å². The normalized spacial score (nSPS) is 11.1. The van der Waals surface area contributed by atoms with Crippen LogP contribution in [0.25, 0.3) is 10.9 Å². The molecule has 0 aliphatic rings. The Hall–Kier alpha value is -1.24. The second-order valence-electron chi connectivity index (χ2n) is 4.44. The molecule has 0 unspecified atom stereocenters. The number of fused-ring (bicyclic) bond motifs is 1. The Kier molecular flexibility index (Phi) is 2.81. The maximum atomic E-state index is 3.53. The van der Waals surface area contributed by atoms with Crippen LogP contribution >= 0.6 is 0 Å². The van der Waals surface area contributed by atoms with Crippen LogP contribution in [0.3, 0.4) is 0 Å². The van der Waals surface area contributed by atoms with Crippen LogP contribution in [0.1, 0.15) is 36.6 Å². The zero-order valence-corrected chi connectivity index (χ0v) is 9.85. The Bertz CT molecular complexity index is 465. The fourth-order valence-corrected chi connectivity index (χ4v) is 2.17. The van der Waals surface area contributed by atoms with E-state index in [2.05, 4.69) is 44.0 Å². The molecule has 80 valence electrons. The van der Waals surface area contributed by atoms with Crippen LogP contribution in [0.2, 0.25) is 0 Å². The number of aromatic amines is 1. The van der Waals surface area contributed by atoms with Crippen molar-refractivity contribution >= 4 is 10.9 Å². The summed E-state index contributed by atoms with van der Waals surface area (Å²) in [5.41, 5.74) is 5.39. The van der Waals surface area contributed by atoms with Crippen LogP contribution in [0.5, 0.6) is 0 Å². The van der Waals surface area contributed by atoms with Gasteiger partial charge in [0.2, 0.25) is 0 Å². The molecule has 0 radical (unpaired) electrons. The predicted octanol–water partition coefficient (Wildman–Crippen LogP) is 4.13. The molecule has 1 heteroatoms. The van der Waals surface area contributed by atoms with E-state index in [1.165, 1.54) is 47.0 Å². The highest BCUT2D eigenvalue weighted by molar-refractivity contribution is 5.84. The number of aryl methyl sites for hydroxylation is 3. The molecule has 2 rings (SSSR count). The summed E-state index contributed by atoms with van der Waals surface area (Å²) in [6, 6.07) is 6.79. The molecule has 2 aromatic rings. The van der Waals surface area contributed by atoms with Crippen LogP contribution in [0, 0.1) is 13.8 Å². The van der Waals surface area contributed by atoms with Gasteiger partial charge in [-0.25, -0.2) is 0 Å². The molecule has 0 fully saturated rings. The fraction of sp³-hybridized carbons (Fsp3) is 0.429. The molecule has 1 aromatic heterocycles. The summed E-state index contributed by atoms with van der Waals surface area (Å²) in [5, 5.41) is 1.36. The molecule has 1 nitrogen and oxygen atoms in total. The minimum absolute atomic E-state index is 1.17. The van der Waals surface area contributed by atoms with Gasteiger partial charge in [0, 0.05) is 16.6 Å². The maximum absolute atomic E-state index is 3.53. The fourth-order valence-electron chi connectivity index (χ4n) is 2.17. The van der Waals surface area contributed by atoms with E-state index in [1.807, 2.05) is 0 Å². The molecule has 0 saturated carbocycles. The van der Waals surface area contributed by atoms with Gasteiger partial charge in [0.1, 0.15) is 0 Å². The lowest BCUT2D eigenvalue weighted by atomic mass is 10.1. The summed E-state index contributed by atoms with van der Waals surface area (Å²) in [4.78, 5) is 3.53. The second-order valence-corrected chi connectivity index (χ2v) is 4.44. The van der Waals surface area contributed by atoms with Gasteiger partial charge in [-0.1, -0.05) is 25.0 Å². The molecule has 15 heavy (non-hydrogen) atoms. The smallest absolute Gasteiger partial charge is 0.0485 e. The Labute approximate surface area is 91.5 Å². The highest BCUT2D eigenvalue weighted by Gasteiger charge is 2.03. The number of aromatic nitrogens is 1. The molecule has 0 aliphatic carbocycles. The van der Waals surface area contributed by atoms with Gasteiger partial charge >= 0.3 is 0 Å². The van der Waals surface area contributed by atoms with Crippen molar-refractivity contribution < 1.29 is 0 Å². The largest absolute Gasteiger partial charge is 0.358 e. The Morgan fingerprint density at radius 2 is 1.93 bits per heavy atom. The summed E-state index contributed by atoms with van der Waals surface area (Å²) >= 11 is 0. The number of unbranched alkanes of at least 4 members (excludes halogenated alkanes) is 1. The van der Waals surface area contributed by atoms with Crippen LogP contribution in [0.15, 0.2) is 18.2 Å². The lowest BCUT2D eigenvalue weighted by Crippen LogP contribution is -1.83. The third kappa shape index (κ3) is 2.06. The molecule has 1 N–H and O–H groups in total. The van der Waals surface area contributed by atoms with E-state index >= 15 is 0 Å². The first-order valence-electron chi connectivity index (χ1n) is 5.79. The first-order chi connectivity index (χ1) is 7.20. The molecule has 0 atom stereocenters. The average molecular weight is 201 g/mol. The highest BCUT2D eigenvalue weighted by atomic mass is 14.7. The lowest BCUT2D eigenvalue weighted by molar-refractivity contribution is 0.782. The van der Waals surface area contributed by atoms with E-state index < -0.39 is 0 Å². The van der Waals surface area contributed by atoms with Crippen molar-refractivity contribution in [3.05, 3.63) is 35.0 Å². The maximum Gasteiger partial charge on any atom is 0.0485 e. The molecular weight excluding hydrogens is 182 g/mol. The van der Waals surface area contributed by atoms with Gasteiger partial charge in [-0.3, -0.25) is 0 Å². The number of benzene rings is 1. The summed E-state index contributed by atoms with van der Waals surface area (Å²) in [6.45, 7) is 6.57. The van der Waals surface area contributed by atoms with Crippen LogP contribution < -0.4 is 0 Å². The van der Waals surface area contributed by atoms with Crippen molar-refractivity contribution in [2.45, 2.75) is 40.0 Å². The van der Waals surface area contributed by atoms with E-state index in [0.717, 1.165) is 0 Å². The van der Waals surface area contributed by atoms with Crippen molar-refractivity contribution in [2.75, 3.05) is 0 Å². The highest BCUT2D eigenvalue weighted by Crippen LogP contribution is 2.21. The van der Waals surface area contributed by atoms with Crippen LogP contribution in [-0.4, -0.2) is 4.98 Å². The minimum Gasteiger partial charge on any atom is -0.358 e. The molecule has 0 saturated heterocycles. The molecule has 1 heterocycles. The quantitative estimate of drug-likeness (QED) is 0.768. The van der Waals surface area contributed by atoms with E-state index in [0.29, 0.717) is 0 Å². The average Bonchev–Trinajstić information content (AvgIpc) is 2.57. The van der Waals surface area contributed by atoms with Gasteiger partial charge in [-0.2, -0.15) is 0 Å². The molecular formula is C14H19N. The summed E-state index contributed by atoms with van der Waals surface area (Å²) in [5.74, 6) is 0. The Morgan fingerprint density at radius 1 is 1.13 bits per heavy atom. The molecule has 0 aliphatic heterocycles. The number of hydrogen-bond acceptors (Lipinski definition) is 0. The zero-order valence-electron chi connectivity index (χ0n) is 9.85. The lowest BCUT2D eigenvalue weighted by Gasteiger charge is -1.98. The summed E-state index contributed by atoms with van der Waals surface area (Å²) < 4.78 is 0. The van der Waals surface area contributed by atoms with Gasteiger partial charge in [0.05, 0.1) is 0 Å². The third-order valence-electron chi connectivity index (χ3n) is 2.93. The summed E-state index contributed by atoms with van der Waals surface area (Å²) in [7, 11) is 0. The topological polar surface area (TPSA) is 15.8 Å². The molecule has 1 aromatic carbocycles. The molecule has 0 spiro atoms. The SMILES string of the molecule is CCCCc1cc2cc(C)cc(C)c2[nH]1. The molecule has 0 amide bonds. The van der Waals surface area contributed by atoms with E-state index in [-0.39, 0.29) is 0 Å². The Balaban J connectivity index is 2.41. The van der Waals surface area contributed by atoms with Gasteiger partial charge in [0.25, 0.3) is 0 Å². The van der Waals surface area contributed by atoms with E-state index in [9.17, 15) is 0 Å². The third-order valence-corrected chi connectivity index (χ3v) is 2.93. The van der Waals surface area contributed by atoms with Crippen LogP contribution in [0.4, 0.5) is 0 Å².